The largest absolute Gasteiger partial charge is 0.497 e. The van der Waals surface area contributed by atoms with Crippen molar-refractivity contribution >= 4 is 23.4 Å². The summed E-state index contributed by atoms with van der Waals surface area (Å²) in [5.41, 5.74) is 1.32. The van der Waals surface area contributed by atoms with Crippen LogP contribution < -0.4 is 25.4 Å². The molecule has 0 aliphatic rings. The molecule has 0 saturated heterocycles. The van der Waals surface area contributed by atoms with Gasteiger partial charge in [-0.25, -0.2) is 4.68 Å². The van der Waals surface area contributed by atoms with Gasteiger partial charge < -0.3 is 25.4 Å². The second-order valence-electron chi connectivity index (χ2n) is 6.04. The molecule has 10 heteroatoms. The van der Waals surface area contributed by atoms with Crippen molar-refractivity contribution in [3.63, 3.8) is 0 Å². The molecule has 0 aliphatic heterocycles. The van der Waals surface area contributed by atoms with E-state index in [1.54, 1.807) is 25.3 Å². The molecule has 3 aromatic rings. The van der Waals surface area contributed by atoms with Crippen LogP contribution in [0.1, 0.15) is 6.92 Å². The summed E-state index contributed by atoms with van der Waals surface area (Å²) in [5, 5.41) is 11.5. The van der Waals surface area contributed by atoms with Crippen molar-refractivity contribution in [3.8, 4) is 28.6 Å². The van der Waals surface area contributed by atoms with Crippen molar-refractivity contribution in [2.45, 2.75) is 12.1 Å². The van der Waals surface area contributed by atoms with Gasteiger partial charge in [-0.15, -0.1) is 10.2 Å². The van der Waals surface area contributed by atoms with E-state index in [9.17, 15) is 4.79 Å². The van der Waals surface area contributed by atoms with Crippen LogP contribution in [0.25, 0.3) is 11.4 Å². The van der Waals surface area contributed by atoms with E-state index in [2.05, 4.69) is 15.5 Å². The zero-order valence-corrected chi connectivity index (χ0v) is 17.7. The maximum atomic E-state index is 12.4. The third-order valence-electron chi connectivity index (χ3n) is 4.08. The van der Waals surface area contributed by atoms with Gasteiger partial charge >= 0.3 is 0 Å². The van der Waals surface area contributed by atoms with E-state index in [-0.39, 0.29) is 11.7 Å². The van der Waals surface area contributed by atoms with E-state index in [0.717, 1.165) is 11.3 Å². The zero-order chi connectivity index (χ0) is 21.5. The van der Waals surface area contributed by atoms with Crippen LogP contribution >= 0.6 is 11.8 Å². The molecular formula is C20H23N5O4S. The van der Waals surface area contributed by atoms with Crippen LogP contribution in [-0.2, 0) is 4.79 Å². The predicted molar refractivity (Wildman–Crippen MR) is 116 cm³/mol. The molecule has 9 nitrogen and oxygen atoms in total. The second kappa shape index (κ2) is 9.88. The number of nitrogens with zero attached hydrogens (tertiary/aromatic N) is 3. The number of aromatic nitrogens is 3. The Balaban J connectivity index is 1.66. The van der Waals surface area contributed by atoms with Gasteiger partial charge in [0.2, 0.25) is 11.1 Å². The van der Waals surface area contributed by atoms with Gasteiger partial charge in [-0.2, -0.15) is 0 Å². The second-order valence-corrected chi connectivity index (χ2v) is 6.98. The van der Waals surface area contributed by atoms with E-state index in [0.29, 0.717) is 34.8 Å². The van der Waals surface area contributed by atoms with Crippen LogP contribution in [0.15, 0.2) is 47.6 Å². The lowest BCUT2D eigenvalue weighted by Crippen LogP contribution is -2.17. The van der Waals surface area contributed by atoms with E-state index in [4.69, 9.17) is 20.1 Å². The SMILES string of the molecule is CCOc1cccc(-c2nnc(SCC(=O)Nc3ccc(OC)cc3OC)n2N)c1. The Morgan fingerprint density at radius 3 is 2.70 bits per heavy atom. The number of amides is 1. The Hall–Kier alpha value is -3.40. The molecule has 0 spiro atoms. The number of carbonyl (C=O) groups is 1. The summed E-state index contributed by atoms with van der Waals surface area (Å²) in [6.07, 6.45) is 0. The van der Waals surface area contributed by atoms with E-state index in [1.165, 1.54) is 23.5 Å². The number of nitrogens with one attached hydrogen (secondary N) is 1. The first-order chi connectivity index (χ1) is 14.5. The van der Waals surface area contributed by atoms with Crippen molar-refractivity contribution in [1.82, 2.24) is 14.9 Å². The third kappa shape index (κ3) is 4.95. The molecular weight excluding hydrogens is 406 g/mol. The molecule has 0 fully saturated rings. The van der Waals surface area contributed by atoms with Crippen molar-refractivity contribution in [3.05, 3.63) is 42.5 Å². The molecule has 1 aromatic heterocycles. The Kier molecular flexibility index (Phi) is 7.02. The highest BCUT2D eigenvalue weighted by molar-refractivity contribution is 7.99. The smallest absolute Gasteiger partial charge is 0.234 e. The molecule has 0 saturated carbocycles. The van der Waals surface area contributed by atoms with E-state index in [1.807, 2.05) is 31.2 Å². The van der Waals surface area contributed by atoms with Crippen molar-refractivity contribution < 1.29 is 19.0 Å². The molecule has 0 aliphatic carbocycles. The highest BCUT2D eigenvalue weighted by atomic mass is 32.2. The number of hydrogen-bond acceptors (Lipinski definition) is 8. The molecule has 1 amide bonds. The highest BCUT2D eigenvalue weighted by Crippen LogP contribution is 2.29. The molecule has 0 unspecified atom stereocenters. The fraction of sp³-hybridized carbons (Fsp3) is 0.250. The van der Waals surface area contributed by atoms with Crippen molar-refractivity contribution in [1.29, 1.82) is 0 Å². The van der Waals surface area contributed by atoms with Crippen LogP contribution in [0.4, 0.5) is 5.69 Å². The van der Waals surface area contributed by atoms with Gasteiger partial charge in [-0.3, -0.25) is 4.79 Å². The van der Waals surface area contributed by atoms with Gasteiger partial charge in [0.25, 0.3) is 0 Å². The molecule has 1 heterocycles. The maximum Gasteiger partial charge on any atom is 0.234 e. The van der Waals surface area contributed by atoms with Gasteiger partial charge in [-0.1, -0.05) is 23.9 Å². The molecule has 0 bridgehead atoms. The zero-order valence-electron chi connectivity index (χ0n) is 16.9. The number of nitrogen functional groups attached to an aromatic ring is 1. The first kappa shape index (κ1) is 21.3. The summed E-state index contributed by atoms with van der Waals surface area (Å²) in [5.74, 6) is 8.36. The molecule has 3 N–H and O–H groups in total. The summed E-state index contributed by atoms with van der Waals surface area (Å²) >= 11 is 1.18. The standard InChI is InChI=1S/C20H23N5O4S/c1-4-29-15-7-5-6-13(10-15)19-23-24-20(25(19)21)30-12-18(26)22-16-9-8-14(27-2)11-17(16)28-3/h5-11H,4,12,21H2,1-3H3,(H,22,26). The minimum Gasteiger partial charge on any atom is -0.497 e. The number of anilines is 1. The minimum atomic E-state index is -0.230. The maximum absolute atomic E-state index is 12.4. The summed E-state index contributed by atoms with van der Waals surface area (Å²) in [6, 6.07) is 12.6. The van der Waals surface area contributed by atoms with Gasteiger partial charge in [0.05, 0.1) is 32.3 Å². The summed E-state index contributed by atoms with van der Waals surface area (Å²) in [6.45, 7) is 2.48. The minimum absolute atomic E-state index is 0.101. The predicted octanol–water partition coefficient (Wildman–Crippen LogP) is 2.81. The van der Waals surface area contributed by atoms with E-state index >= 15 is 0 Å². The van der Waals surface area contributed by atoms with Gasteiger partial charge in [0.15, 0.2) is 5.82 Å². The lowest BCUT2D eigenvalue weighted by atomic mass is 10.2. The molecule has 3 rings (SSSR count). The van der Waals surface area contributed by atoms with Crippen LogP contribution in [0, 0.1) is 0 Å². The average Bonchev–Trinajstić information content (AvgIpc) is 3.13. The number of carbonyl (C=O) groups excluding carboxylic acids is 1. The van der Waals surface area contributed by atoms with Crippen molar-refractivity contribution in [2.75, 3.05) is 37.7 Å². The summed E-state index contributed by atoms with van der Waals surface area (Å²) in [4.78, 5) is 12.4. The molecule has 0 atom stereocenters. The number of ether oxygens (including phenoxy) is 3. The normalized spacial score (nSPS) is 10.5. The highest BCUT2D eigenvalue weighted by Gasteiger charge is 2.15. The molecule has 30 heavy (non-hydrogen) atoms. The van der Waals surface area contributed by atoms with Crippen LogP contribution in [0.2, 0.25) is 0 Å². The van der Waals surface area contributed by atoms with Gasteiger partial charge in [0, 0.05) is 11.6 Å². The summed E-state index contributed by atoms with van der Waals surface area (Å²) < 4.78 is 17.3. The fourth-order valence-corrected chi connectivity index (χ4v) is 3.34. The Bertz CT molecular complexity index is 1020. The number of rotatable bonds is 9. The van der Waals surface area contributed by atoms with E-state index < -0.39 is 0 Å². The lowest BCUT2D eigenvalue weighted by Gasteiger charge is -2.11. The molecule has 0 radical (unpaired) electrons. The number of nitrogens with two attached hydrogens (primary N) is 1. The van der Waals surface area contributed by atoms with Gasteiger partial charge in [-0.05, 0) is 31.2 Å². The number of methoxy groups -OCH3 is 2. The average molecular weight is 430 g/mol. The number of benzene rings is 2. The number of hydrogen-bond donors (Lipinski definition) is 2. The molecule has 158 valence electrons. The first-order valence-corrected chi connectivity index (χ1v) is 10.1. The first-order valence-electron chi connectivity index (χ1n) is 9.14. The quantitative estimate of drug-likeness (QED) is 0.394. The fourth-order valence-electron chi connectivity index (χ4n) is 2.68. The third-order valence-corrected chi connectivity index (χ3v) is 5.03. The van der Waals surface area contributed by atoms with Gasteiger partial charge in [0.1, 0.15) is 17.2 Å². The Labute approximate surface area is 178 Å². The van der Waals surface area contributed by atoms with Crippen LogP contribution in [0.3, 0.4) is 0 Å². The molecule has 2 aromatic carbocycles. The Morgan fingerprint density at radius 2 is 1.97 bits per heavy atom. The number of thioether (sulfide) groups is 1. The van der Waals surface area contributed by atoms with Crippen molar-refractivity contribution in [2.24, 2.45) is 0 Å². The summed E-state index contributed by atoms with van der Waals surface area (Å²) in [7, 11) is 3.09. The Morgan fingerprint density at radius 1 is 1.13 bits per heavy atom. The lowest BCUT2D eigenvalue weighted by molar-refractivity contribution is -0.113. The van der Waals surface area contributed by atoms with Crippen LogP contribution in [-0.4, -0.2) is 47.4 Å². The van der Waals surface area contributed by atoms with Crippen LogP contribution in [0.5, 0.6) is 17.2 Å². The monoisotopic (exact) mass is 429 g/mol. The topological polar surface area (TPSA) is 114 Å².